The molecule has 4 heterocycles. The lowest BCUT2D eigenvalue weighted by atomic mass is 9.79. The largest absolute Gasteiger partial charge is 0.372 e. The first-order valence-electron chi connectivity index (χ1n) is 9.42. The van der Waals surface area contributed by atoms with Gasteiger partial charge in [-0.05, 0) is 44.2 Å². The van der Waals surface area contributed by atoms with Gasteiger partial charge in [0.15, 0.2) is 0 Å². The van der Waals surface area contributed by atoms with Crippen LogP contribution in [0.2, 0.25) is 0 Å². The molecule has 1 N–H and O–H groups in total. The Labute approximate surface area is 154 Å². The predicted octanol–water partition coefficient (Wildman–Crippen LogP) is 1.92. The van der Waals surface area contributed by atoms with Crippen molar-refractivity contribution < 1.29 is 4.74 Å². The van der Waals surface area contributed by atoms with Crippen LogP contribution in [0.15, 0.2) is 18.5 Å². The summed E-state index contributed by atoms with van der Waals surface area (Å²) < 4.78 is 8.17. The van der Waals surface area contributed by atoms with Crippen LogP contribution in [0.5, 0.6) is 0 Å². The molecule has 4 rings (SSSR count). The van der Waals surface area contributed by atoms with Gasteiger partial charge < -0.3 is 10.1 Å². The summed E-state index contributed by atoms with van der Waals surface area (Å²) in [5, 5.41) is 7.78. The van der Waals surface area contributed by atoms with Gasteiger partial charge in [-0.15, -0.1) is 0 Å². The Morgan fingerprint density at radius 2 is 2.04 bits per heavy atom. The van der Waals surface area contributed by atoms with E-state index in [1.165, 1.54) is 5.69 Å². The molecule has 0 aromatic carbocycles. The van der Waals surface area contributed by atoms with E-state index in [-0.39, 0.29) is 5.60 Å². The van der Waals surface area contributed by atoms with Crippen molar-refractivity contribution in [3.63, 3.8) is 0 Å². The van der Waals surface area contributed by atoms with Gasteiger partial charge in [-0.1, -0.05) is 0 Å². The SMILES string of the molecule is Cc1cnc(NCCC2CCOC23CN(Cc2cc(C)nn2C)C3)nc1. The summed E-state index contributed by atoms with van der Waals surface area (Å²) in [6, 6.07) is 2.17. The Balaban J connectivity index is 1.27. The zero-order valence-electron chi connectivity index (χ0n) is 15.9. The molecule has 2 saturated heterocycles. The van der Waals surface area contributed by atoms with Crippen LogP contribution in [0.3, 0.4) is 0 Å². The van der Waals surface area contributed by atoms with Crippen LogP contribution in [0, 0.1) is 19.8 Å². The molecule has 0 radical (unpaired) electrons. The smallest absolute Gasteiger partial charge is 0.222 e. The van der Waals surface area contributed by atoms with E-state index < -0.39 is 0 Å². The molecule has 2 aliphatic rings. The fraction of sp³-hybridized carbons (Fsp3) is 0.632. The zero-order valence-corrected chi connectivity index (χ0v) is 15.9. The first kappa shape index (κ1) is 17.4. The van der Waals surface area contributed by atoms with Crippen LogP contribution in [0.4, 0.5) is 5.95 Å². The van der Waals surface area contributed by atoms with Crippen molar-refractivity contribution in [1.29, 1.82) is 0 Å². The Morgan fingerprint density at radius 3 is 2.73 bits per heavy atom. The average Bonchev–Trinajstić information content (AvgIpc) is 3.13. The van der Waals surface area contributed by atoms with E-state index >= 15 is 0 Å². The number of hydrogen-bond donors (Lipinski definition) is 1. The Morgan fingerprint density at radius 1 is 1.27 bits per heavy atom. The minimum absolute atomic E-state index is 0.0451. The number of ether oxygens (including phenoxy) is 1. The van der Waals surface area contributed by atoms with Gasteiger partial charge in [-0.25, -0.2) is 9.97 Å². The number of hydrogen-bond acceptors (Lipinski definition) is 6. The summed E-state index contributed by atoms with van der Waals surface area (Å²) >= 11 is 0. The number of nitrogens with one attached hydrogen (secondary N) is 1. The highest BCUT2D eigenvalue weighted by Crippen LogP contribution is 2.42. The van der Waals surface area contributed by atoms with Crippen LogP contribution in [0.1, 0.15) is 29.8 Å². The maximum atomic E-state index is 6.19. The van der Waals surface area contributed by atoms with Crippen molar-refractivity contribution in [2.45, 2.75) is 38.8 Å². The highest BCUT2D eigenvalue weighted by Gasteiger charge is 2.52. The quantitative estimate of drug-likeness (QED) is 0.853. The first-order chi connectivity index (χ1) is 12.5. The van der Waals surface area contributed by atoms with Gasteiger partial charge in [0.05, 0.1) is 17.0 Å². The molecule has 0 saturated carbocycles. The van der Waals surface area contributed by atoms with Crippen LogP contribution < -0.4 is 5.32 Å². The summed E-state index contributed by atoms with van der Waals surface area (Å²) in [5.41, 5.74) is 3.47. The van der Waals surface area contributed by atoms with Crippen LogP contribution in [-0.2, 0) is 18.3 Å². The molecule has 1 spiro atoms. The van der Waals surface area contributed by atoms with Crippen LogP contribution in [0.25, 0.3) is 0 Å². The third-order valence-corrected chi connectivity index (χ3v) is 5.62. The molecule has 2 aromatic heterocycles. The molecule has 0 amide bonds. The van der Waals surface area contributed by atoms with Crippen molar-refractivity contribution in [2.75, 3.05) is 31.6 Å². The first-order valence-corrected chi connectivity index (χ1v) is 9.42. The highest BCUT2D eigenvalue weighted by atomic mass is 16.5. The Hall–Kier alpha value is -1.99. The lowest BCUT2D eigenvalue weighted by Gasteiger charge is -2.50. The van der Waals surface area contributed by atoms with Gasteiger partial charge in [0.25, 0.3) is 0 Å². The van der Waals surface area contributed by atoms with Gasteiger partial charge in [0.2, 0.25) is 5.95 Å². The molecule has 7 nitrogen and oxygen atoms in total. The van der Waals surface area contributed by atoms with Crippen molar-refractivity contribution in [3.05, 3.63) is 35.4 Å². The van der Waals surface area contributed by atoms with E-state index in [1.807, 2.05) is 38.0 Å². The fourth-order valence-electron chi connectivity index (χ4n) is 4.25. The van der Waals surface area contributed by atoms with E-state index in [0.29, 0.717) is 11.9 Å². The fourth-order valence-corrected chi connectivity index (χ4v) is 4.25. The molecule has 0 bridgehead atoms. The summed E-state index contributed by atoms with van der Waals surface area (Å²) in [6.45, 7) is 8.79. The number of aromatic nitrogens is 4. The molecule has 140 valence electrons. The van der Waals surface area contributed by atoms with E-state index in [9.17, 15) is 0 Å². The topological polar surface area (TPSA) is 68.1 Å². The summed E-state index contributed by atoms with van der Waals surface area (Å²) in [7, 11) is 2.02. The molecule has 1 unspecified atom stereocenters. The van der Waals surface area contributed by atoms with E-state index in [1.54, 1.807) is 0 Å². The standard InChI is InChI=1S/C19H28N6O/c1-14-9-21-18(22-10-14)20-6-4-16-5-7-26-19(16)12-25(13-19)11-17-8-15(2)23-24(17)3/h8-10,16H,4-7,11-13H2,1-3H3,(H,20,21,22). The molecule has 26 heavy (non-hydrogen) atoms. The monoisotopic (exact) mass is 356 g/mol. The summed E-state index contributed by atoms with van der Waals surface area (Å²) in [6.07, 6.45) is 5.93. The van der Waals surface area contributed by atoms with Gasteiger partial charge in [0.1, 0.15) is 0 Å². The zero-order chi connectivity index (χ0) is 18.1. The number of likely N-dealkylation sites (tertiary alicyclic amines) is 1. The third kappa shape index (κ3) is 3.46. The summed E-state index contributed by atoms with van der Waals surface area (Å²) in [4.78, 5) is 11.1. The third-order valence-electron chi connectivity index (χ3n) is 5.62. The molecule has 1 atom stereocenters. The molecule has 7 heteroatoms. The maximum Gasteiger partial charge on any atom is 0.222 e. The highest BCUT2D eigenvalue weighted by molar-refractivity contribution is 5.24. The molecule has 2 fully saturated rings. The average molecular weight is 356 g/mol. The van der Waals surface area contributed by atoms with Gasteiger partial charge in [-0.2, -0.15) is 5.10 Å². The van der Waals surface area contributed by atoms with Crippen molar-refractivity contribution in [3.8, 4) is 0 Å². The van der Waals surface area contributed by atoms with E-state index in [2.05, 4.69) is 31.3 Å². The second kappa shape index (κ2) is 6.96. The second-order valence-corrected chi connectivity index (χ2v) is 7.74. The maximum absolute atomic E-state index is 6.19. The number of rotatable bonds is 6. The lowest BCUT2D eigenvalue weighted by Crippen LogP contribution is -2.64. The molecular weight excluding hydrogens is 328 g/mol. The Bertz CT molecular complexity index is 750. The van der Waals surface area contributed by atoms with Gasteiger partial charge >= 0.3 is 0 Å². The van der Waals surface area contributed by atoms with Crippen LogP contribution in [-0.4, -0.2) is 56.5 Å². The van der Waals surface area contributed by atoms with Gasteiger partial charge in [0, 0.05) is 52.2 Å². The second-order valence-electron chi connectivity index (χ2n) is 7.74. The molecule has 0 aliphatic carbocycles. The number of nitrogens with zero attached hydrogens (tertiary/aromatic N) is 5. The normalized spacial score (nSPS) is 21.9. The molecule has 2 aliphatic heterocycles. The number of anilines is 1. The van der Waals surface area contributed by atoms with E-state index in [0.717, 1.165) is 56.9 Å². The van der Waals surface area contributed by atoms with Gasteiger partial charge in [-0.3, -0.25) is 9.58 Å². The van der Waals surface area contributed by atoms with Crippen molar-refractivity contribution >= 4 is 5.95 Å². The van der Waals surface area contributed by atoms with E-state index in [4.69, 9.17) is 4.74 Å². The molecule has 2 aromatic rings. The number of aryl methyl sites for hydroxylation is 3. The minimum Gasteiger partial charge on any atom is -0.372 e. The van der Waals surface area contributed by atoms with Crippen molar-refractivity contribution in [1.82, 2.24) is 24.6 Å². The summed E-state index contributed by atoms with van der Waals surface area (Å²) in [5.74, 6) is 1.32. The predicted molar refractivity (Wildman–Crippen MR) is 99.9 cm³/mol. The van der Waals surface area contributed by atoms with Crippen molar-refractivity contribution in [2.24, 2.45) is 13.0 Å². The molecular formula is C19H28N6O. The van der Waals surface area contributed by atoms with Crippen LogP contribution >= 0.6 is 0 Å². The Kier molecular flexibility index (Phi) is 4.67. The minimum atomic E-state index is 0.0451. The lowest BCUT2D eigenvalue weighted by molar-refractivity contribution is -0.137.